The van der Waals surface area contributed by atoms with E-state index in [9.17, 15) is 4.79 Å². The van der Waals surface area contributed by atoms with E-state index >= 15 is 0 Å². The number of nitrogens with zero attached hydrogens (tertiary/aromatic N) is 5. The summed E-state index contributed by atoms with van der Waals surface area (Å²) in [5, 5.41) is 0. The molecule has 0 aliphatic carbocycles. The highest BCUT2D eigenvalue weighted by Crippen LogP contribution is 2.20. The van der Waals surface area contributed by atoms with E-state index in [1.165, 1.54) is 0 Å². The second kappa shape index (κ2) is 7.09. The Balaban J connectivity index is 1.43. The topological polar surface area (TPSA) is 52.6 Å². The molecular formula is C19H23N5O. The molecule has 2 aliphatic rings. The highest BCUT2D eigenvalue weighted by atomic mass is 16.2. The molecule has 2 fully saturated rings. The first kappa shape index (κ1) is 15.9. The molecule has 0 bridgehead atoms. The lowest BCUT2D eigenvalue weighted by Gasteiger charge is -2.36. The van der Waals surface area contributed by atoms with Crippen LogP contribution in [0, 0.1) is 0 Å². The maximum atomic E-state index is 12.5. The molecule has 0 radical (unpaired) electrons. The summed E-state index contributed by atoms with van der Waals surface area (Å²) in [6, 6.07) is 9.95. The molecule has 4 rings (SSSR count). The van der Waals surface area contributed by atoms with Crippen molar-refractivity contribution in [1.29, 1.82) is 0 Å². The van der Waals surface area contributed by atoms with Crippen LogP contribution in [-0.4, -0.2) is 60.0 Å². The Morgan fingerprint density at radius 1 is 0.840 bits per heavy atom. The number of carbonyl (C=O) groups is 1. The minimum atomic E-state index is 0.0615. The average Bonchev–Trinajstić information content (AvgIpc) is 3.23. The summed E-state index contributed by atoms with van der Waals surface area (Å²) in [5.41, 5.74) is 1.64. The van der Waals surface area contributed by atoms with Gasteiger partial charge >= 0.3 is 0 Å². The van der Waals surface area contributed by atoms with E-state index in [0.717, 1.165) is 63.6 Å². The van der Waals surface area contributed by atoms with Gasteiger partial charge in [0, 0.05) is 57.3 Å². The minimum Gasteiger partial charge on any atom is -0.368 e. The second-order valence-electron chi connectivity index (χ2n) is 6.56. The molecule has 0 saturated carbocycles. The number of anilines is 2. The van der Waals surface area contributed by atoms with Crippen molar-refractivity contribution in [1.82, 2.24) is 14.9 Å². The Labute approximate surface area is 148 Å². The number of amides is 1. The fraction of sp³-hybridized carbons (Fsp3) is 0.421. The summed E-state index contributed by atoms with van der Waals surface area (Å²) in [5.74, 6) is 1.09. The number of likely N-dealkylation sites (tertiary alicyclic amines) is 1. The molecule has 0 atom stereocenters. The lowest BCUT2D eigenvalue weighted by Crippen LogP contribution is -2.46. The average molecular weight is 337 g/mol. The highest BCUT2D eigenvalue weighted by molar-refractivity contribution is 5.93. The number of hydrogen-bond donors (Lipinski definition) is 0. The summed E-state index contributed by atoms with van der Waals surface area (Å²) < 4.78 is 0. The largest absolute Gasteiger partial charge is 0.368 e. The lowest BCUT2D eigenvalue weighted by atomic mass is 10.2. The van der Waals surface area contributed by atoms with Gasteiger partial charge in [-0.05, 0) is 37.1 Å². The number of carbonyl (C=O) groups excluding carboxylic acids is 1. The van der Waals surface area contributed by atoms with Crippen LogP contribution in [-0.2, 0) is 0 Å². The van der Waals surface area contributed by atoms with Crippen LogP contribution >= 0.6 is 0 Å². The van der Waals surface area contributed by atoms with Gasteiger partial charge in [0.25, 0.3) is 5.91 Å². The van der Waals surface area contributed by atoms with Gasteiger partial charge in [-0.25, -0.2) is 4.98 Å². The fourth-order valence-electron chi connectivity index (χ4n) is 3.55. The van der Waals surface area contributed by atoms with Gasteiger partial charge in [-0.3, -0.25) is 9.78 Å². The van der Waals surface area contributed by atoms with Crippen molar-refractivity contribution in [2.75, 3.05) is 49.1 Å². The van der Waals surface area contributed by atoms with E-state index in [0.29, 0.717) is 5.69 Å². The van der Waals surface area contributed by atoms with Gasteiger partial charge in [0.15, 0.2) is 0 Å². The molecule has 0 unspecified atom stereocenters. The zero-order valence-corrected chi connectivity index (χ0v) is 14.3. The maximum absolute atomic E-state index is 12.5. The van der Waals surface area contributed by atoms with Gasteiger partial charge in [-0.2, -0.15) is 0 Å². The van der Waals surface area contributed by atoms with Gasteiger partial charge in [0.2, 0.25) is 0 Å². The first-order chi connectivity index (χ1) is 12.3. The van der Waals surface area contributed by atoms with E-state index in [-0.39, 0.29) is 5.91 Å². The summed E-state index contributed by atoms with van der Waals surface area (Å²) in [7, 11) is 0. The zero-order chi connectivity index (χ0) is 17.1. The number of pyridine rings is 2. The van der Waals surface area contributed by atoms with Gasteiger partial charge in [0.1, 0.15) is 11.5 Å². The van der Waals surface area contributed by atoms with Crippen molar-refractivity contribution >= 4 is 17.4 Å². The molecule has 6 heteroatoms. The summed E-state index contributed by atoms with van der Waals surface area (Å²) in [4.78, 5) is 27.8. The summed E-state index contributed by atoms with van der Waals surface area (Å²) in [6.07, 6.45) is 5.78. The Kier molecular flexibility index (Phi) is 4.50. The van der Waals surface area contributed by atoms with Crippen molar-refractivity contribution in [3.63, 3.8) is 0 Å². The van der Waals surface area contributed by atoms with E-state index < -0.39 is 0 Å². The van der Waals surface area contributed by atoms with Gasteiger partial charge < -0.3 is 14.7 Å². The van der Waals surface area contributed by atoms with Crippen LogP contribution in [0.2, 0.25) is 0 Å². The Morgan fingerprint density at radius 2 is 1.60 bits per heavy atom. The first-order valence-electron chi connectivity index (χ1n) is 8.97. The fourth-order valence-corrected chi connectivity index (χ4v) is 3.55. The third-order valence-corrected chi connectivity index (χ3v) is 4.97. The van der Waals surface area contributed by atoms with Crippen LogP contribution in [0.15, 0.2) is 42.7 Å². The Bertz CT molecular complexity index is 722. The molecular weight excluding hydrogens is 314 g/mol. The third kappa shape index (κ3) is 3.43. The minimum absolute atomic E-state index is 0.0615. The molecule has 0 spiro atoms. The quantitative estimate of drug-likeness (QED) is 0.858. The monoisotopic (exact) mass is 337 g/mol. The molecule has 6 nitrogen and oxygen atoms in total. The number of piperazine rings is 1. The predicted octanol–water partition coefficient (Wildman–Crippen LogP) is 2.04. The molecule has 2 aromatic heterocycles. The predicted molar refractivity (Wildman–Crippen MR) is 98.0 cm³/mol. The van der Waals surface area contributed by atoms with Crippen LogP contribution < -0.4 is 9.80 Å². The van der Waals surface area contributed by atoms with Crippen molar-refractivity contribution in [3.05, 3.63) is 48.4 Å². The van der Waals surface area contributed by atoms with Gasteiger partial charge in [-0.1, -0.05) is 6.07 Å². The number of rotatable bonds is 3. The number of aromatic nitrogens is 2. The molecule has 130 valence electrons. The Hall–Kier alpha value is -2.63. The first-order valence-corrected chi connectivity index (χ1v) is 8.97. The zero-order valence-electron chi connectivity index (χ0n) is 14.3. The molecule has 4 heterocycles. The van der Waals surface area contributed by atoms with E-state index in [1.807, 2.05) is 35.4 Å². The van der Waals surface area contributed by atoms with E-state index in [1.54, 1.807) is 6.20 Å². The van der Waals surface area contributed by atoms with Crippen LogP contribution in [0.5, 0.6) is 0 Å². The summed E-state index contributed by atoms with van der Waals surface area (Å²) in [6.45, 7) is 5.39. The molecule has 0 N–H and O–H groups in total. The van der Waals surface area contributed by atoms with Crippen molar-refractivity contribution in [2.24, 2.45) is 0 Å². The smallest absolute Gasteiger partial charge is 0.272 e. The van der Waals surface area contributed by atoms with Crippen molar-refractivity contribution in [3.8, 4) is 0 Å². The maximum Gasteiger partial charge on any atom is 0.272 e. The van der Waals surface area contributed by atoms with E-state index in [2.05, 4.69) is 25.8 Å². The third-order valence-electron chi connectivity index (χ3n) is 4.97. The molecule has 1 amide bonds. The summed E-state index contributed by atoms with van der Waals surface area (Å²) >= 11 is 0. The SMILES string of the molecule is O=C(c1cc(N2CCN(c3ccccn3)CC2)ccn1)N1CCCC1. The molecule has 25 heavy (non-hydrogen) atoms. The molecule has 2 aromatic rings. The molecule has 2 aliphatic heterocycles. The highest BCUT2D eigenvalue weighted by Gasteiger charge is 2.23. The molecule has 0 aromatic carbocycles. The van der Waals surface area contributed by atoms with Crippen LogP contribution in [0.3, 0.4) is 0 Å². The lowest BCUT2D eigenvalue weighted by molar-refractivity contribution is 0.0787. The van der Waals surface area contributed by atoms with Gasteiger partial charge in [-0.15, -0.1) is 0 Å². The van der Waals surface area contributed by atoms with Crippen LogP contribution in [0.1, 0.15) is 23.3 Å². The molecule has 2 saturated heterocycles. The second-order valence-corrected chi connectivity index (χ2v) is 6.56. The standard InChI is InChI=1S/C19H23N5O/c25-19(24-9-3-4-10-24)17-15-16(6-8-20-17)22-11-13-23(14-12-22)18-5-1-2-7-21-18/h1-2,5-8,15H,3-4,9-14H2. The number of hydrogen-bond acceptors (Lipinski definition) is 5. The van der Waals surface area contributed by atoms with Crippen LogP contribution in [0.4, 0.5) is 11.5 Å². The van der Waals surface area contributed by atoms with Crippen molar-refractivity contribution < 1.29 is 4.79 Å². The van der Waals surface area contributed by atoms with Gasteiger partial charge in [0.05, 0.1) is 0 Å². The van der Waals surface area contributed by atoms with Crippen molar-refractivity contribution in [2.45, 2.75) is 12.8 Å². The normalized spacial score (nSPS) is 17.8. The van der Waals surface area contributed by atoms with E-state index in [4.69, 9.17) is 0 Å². The van der Waals surface area contributed by atoms with Crippen LogP contribution in [0.25, 0.3) is 0 Å². The Morgan fingerprint density at radius 3 is 2.32 bits per heavy atom.